The lowest BCUT2D eigenvalue weighted by molar-refractivity contribution is -0.112. The van der Waals surface area contributed by atoms with Gasteiger partial charge in [0, 0.05) is 22.6 Å². The zero-order chi connectivity index (χ0) is 17.4. The van der Waals surface area contributed by atoms with Crippen molar-refractivity contribution in [3.8, 4) is 0 Å². The van der Waals surface area contributed by atoms with Gasteiger partial charge in [-0.1, -0.05) is 6.58 Å². The number of hydrogen-bond acceptors (Lipinski definition) is 2. The van der Waals surface area contributed by atoms with E-state index in [0.29, 0.717) is 28.2 Å². The van der Waals surface area contributed by atoms with E-state index in [4.69, 9.17) is 0 Å². The molecule has 0 atom stereocenters. The van der Waals surface area contributed by atoms with E-state index in [-0.39, 0.29) is 11.8 Å². The average molecular weight is 325 g/mol. The quantitative estimate of drug-likeness (QED) is 0.757. The summed E-state index contributed by atoms with van der Waals surface area (Å²) in [5.74, 6) is -1.01. The Bertz CT molecular complexity index is 909. The molecule has 1 aromatic carbocycles. The van der Waals surface area contributed by atoms with Crippen LogP contribution >= 0.6 is 0 Å². The van der Waals surface area contributed by atoms with Gasteiger partial charge < -0.3 is 15.6 Å². The van der Waals surface area contributed by atoms with Gasteiger partial charge in [0.2, 0.25) is 5.91 Å². The van der Waals surface area contributed by atoms with Gasteiger partial charge in [0.05, 0.1) is 11.3 Å². The summed E-state index contributed by atoms with van der Waals surface area (Å²) in [5.41, 5.74) is 4.33. The van der Waals surface area contributed by atoms with Gasteiger partial charge in [0.25, 0.3) is 5.91 Å². The molecule has 1 aliphatic heterocycles. The monoisotopic (exact) mass is 325 g/mol. The van der Waals surface area contributed by atoms with E-state index >= 15 is 0 Å². The van der Waals surface area contributed by atoms with Crippen LogP contribution in [0, 0.1) is 19.7 Å². The van der Waals surface area contributed by atoms with E-state index in [1.165, 1.54) is 24.3 Å². The van der Waals surface area contributed by atoms with Crippen LogP contribution in [0.5, 0.6) is 0 Å². The number of carbonyl (C=O) groups excluding carboxylic acids is 2. The fraction of sp³-hybridized carbons (Fsp3) is 0.111. The Labute approximate surface area is 138 Å². The van der Waals surface area contributed by atoms with Crippen LogP contribution in [0.1, 0.15) is 22.5 Å². The smallest absolute Gasteiger partial charge is 0.256 e. The lowest BCUT2D eigenvalue weighted by Gasteiger charge is -2.02. The van der Waals surface area contributed by atoms with Crippen molar-refractivity contribution in [1.82, 2.24) is 4.98 Å². The number of halogens is 1. The van der Waals surface area contributed by atoms with Gasteiger partial charge in [-0.05, 0) is 49.8 Å². The van der Waals surface area contributed by atoms with E-state index in [0.717, 1.165) is 11.3 Å². The topological polar surface area (TPSA) is 74.0 Å². The SMILES string of the molecule is C=CC(=O)Nc1c(C)[nH]c(/C=C2\C(=O)Nc3ccc(F)cc32)c1C. The van der Waals surface area contributed by atoms with Gasteiger partial charge in [0.15, 0.2) is 0 Å². The molecule has 24 heavy (non-hydrogen) atoms. The van der Waals surface area contributed by atoms with Gasteiger partial charge in [-0.25, -0.2) is 4.39 Å². The third-order valence-corrected chi connectivity index (χ3v) is 3.96. The van der Waals surface area contributed by atoms with Gasteiger partial charge >= 0.3 is 0 Å². The Balaban J connectivity index is 2.06. The number of H-pyrrole nitrogens is 1. The number of aromatic amines is 1. The van der Waals surface area contributed by atoms with E-state index in [9.17, 15) is 14.0 Å². The summed E-state index contributed by atoms with van der Waals surface area (Å²) < 4.78 is 13.5. The lowest BCUT2D eigenvalue weighted by atomic mass is 10.0. The molecule has 2 aromatic rings. The molecule has 0 radical (unpaired) electrons. The molecule has 0 spiro atoms. The van der Waals surface area contributed by atoms with Crippen molar-refractivity contribution in [2.75, 3.05) is 10.6 Å². The standard InChI is InChI=1S/C18H16FN3O2/c1-4-16(23)22-17-9(2)15(20-10(17)3)8-13-12-7-11(19)5-6-14(12)21-18(13)24/h4-8,20H,1H2,2-3H3,(H,21,24)(H,22,23)/b13-8-. The molecular weight excluding hydrogens is 309 g/mol. The molecule has 1 aliphatic rings. The number of rotatable bonds is 3. The van der Waals surface area contributed by atoms with E-state index < -0.39 is 5.82 Å². The summed E-state index contributed by atoms with van der Waals surface area (Å²) in [4.78, 5) is 26.8. The Kier molecular flexibility index (Phi) is 3.81. The third kappa shape index (κ3) is 2.62. The maximum atomic E-state index is 13.5. The van der Waals surface area contributed by atoms with Gasteiger partial charge in [-0.3, -0.25) is 9.59 Å². The second kappa shape index (κ2) is 5.81. The van der Waals surface area contributed by atoms with Crippen LogP contribution in [0.15, 0.2) is 30.9 Å². The number of amides is 2. The van der Waals surface area contributed by atoms with Crippen molar-refractivity contribution in [2.24, 2.45) is 0 Å². The Morgan fingerprint density at radius 1 is 1.33 bits per heavy atom. The minimum atomic E-state index is -0.408. The zero-order valence-electron chi connectivity index (χ0n) is 13.3. The third-order valence-electron chi connectivity index (χ3n) is 3.96. The highest BCUT2D eigenvalue weighted by Crippen LogP contribution is 2.35. The molecule has 6 heteroatoms. The number of carbonyl (C=O) groups is 2. The number of aryl methyl sites for hydroxylation is 1. The van der Waals surface area contributed by atoms with Crippen LogP contribution in [-0.4, -0.2) is 16.8 Å². The van der Waals surface area contributed by atoms with E-state index in [2.05, 4.69) is 22.2 Å². The molecule has 0 bridgehead atoms. The molecule has 0 saturated carbocycles. The number of benzene rings is 1. The first-order valence-electron chi connectivity index (χ1n) is 7.36. The fourth-order valence-electron chi connectivity index (χ4n) is 2.73. The van der Waals surface area contributed by atoms with Crippen molar-refractivity contribution in [2.45, 2.75) is 13.8 Å². The molecule has 2 heterocycles. The first kappa shape index (κ1) is 15.7. The summed E-state index contributed by atoms with van der Waals surface area (Å²) in [7, 11) is 0. The van der Waals surface area contributed by atoms with E-state index in [1.54, 1.807) is 6.08 Å². The van der Waals surface area contributed by atoms with E-state index in [1.807, 2.05) is 13.8 Å². The molecular formula is C18H16FN3O2. The van der Waals surface area contributed by atoms with Gasteiger partial charge in [-0.15, -0.1) is 0 Å². The molecule has 0 saturated heterocycles. The predicted molar refractivity (Wildman–Crippen MR) is 92.0 cm³/mol. The van der Waals surface area contributed by atoms with Crippen molar-refractivity contribution < 1.29 is 14.0 Å². The molecule has 5 nitrogen and oxygen atoms in total. The normalized spacial score (nSPS) is 14.5. The first-order valence-corrected chi connectivity index (χ1v) is 7.36. The number of nitrogens with one attached hydrogen (secondary N) is 3. The van der Waals surface area contributed by atoms with Crippen LogP contribution in [0.3, 0.4) is 0 Å². The van der Waals surface area contributed by atoms with Crippen LogP contribution in [0.25, 0.3) is 11.6 Å². The van der Waals surface area contributed by atoms with Crippen molar-refractivity contribution in [3.05, 3.63) is 59.2 Å². The molecule has 122 valence electrons. The summed E-state index contributed by atoms with van der Waals surface area (Å²) in [6, 6.07) is 4.16. The van der Waals surface area contributed by atoms with Crippen LogP contribution < -0.4 is 10.6 Å². The molecule has 0 unspecified atom stereocenters. The largest absolute Gasteiger partial charge is 0.357 e. The van der Waals surface area contributed by atoms with Crippen molar-refractivity contribution in [1.29, 1.82) is 0 Å². The maximum Gasteiger partial charge on any atom is 0.256 e. The highest BCUT2D eigenvalue weighted by Gasteiger charge is 2.25. The minimum Gasteiger partial charge on any atom is -0.357 e. The number of fused-ring (bicyclic) bond motifs is 1. The zero-order valence-corrected chi connectivity index (χ0v) is 13.3. The summed E-state index contributed by atoms with van der Waals surface area (Å²) in [5, 5.41) is 5.44. The van der Waals surface area contributed by atoms with Crippen molar-refractivity contribution >= 4 is 34.8 Å². The van der Waals surface area contributed by atoms with Crippen molar-refractivity contribution in [3.63, 3.8) is 0 Å². The number of aromatic nitrogens is 1. The molecule has 0 aliphatic carbocycles. The molecule has 2 amide bonds. The second-order valence-corrected chi connectivity index (χ2v) is 5.56. The fourth-order valence-corrected chi connectivity index (χ4v) is 2.73. The molecule has 0 fully saturated rings. The lowest BCUT2D eigenvalue weighted by Crippen LogP contribution is -2.08. The minimum absolute atomic E-state index is 0.293. The second-order valence-electron chi connectivity index (χ2n) is 5.56. The first-order chi connectivity index (χ1) is 11.4. The average Bonchev–Trinajstić information content (AvgIpc) is 2.99. The van der Waals surface area contributed by atoms with Gasteiger partial charge in [-0.2, -0.15) is 0 Å². The summed E-state index contributed by atoms with van der Waals surface area (Å²) in [6.45, 7) is 7.07. The maximum absolute atomic E-state index is 13.5. The number of anilines is 2. The van der Waals surface area contributed by atoms with Crippen LogP contribution in [0.4, 0.5) is 15.8 Å². The predicted octanol–water partition coefficient (Wildman–Crippen LogP) is 3.39. The number of hydrogen-bond donors (Lipinski definition) is 3. The highest BCUT2D eigenvalue weighted by molar-refractivity contribution is 6.34. The summed E-state index contributed by atoms with van der Waals surface area (Å²) in [6.07, 6.45) is 2.85. The van der Waals surface area contributed by atoms with Crippen LogP contribution in [-0.2, 0) is 9.59 Å². The summed E-state index contributed by atoms with van der Waals surface area (Å²) >= 11 is 0. The Morgan fingerprint density at radius 3 is 2.79 bits per heavy atom. The highest BCUT2D eigenvalue weighted by atomic mass is 19.1. The molecule has 3 N–H and O–H groups in total. The molecule has 3 rings (SSSR count). The molecule has 1 aromatic heterocycles. The Morgan fingerprint density at radius 2 is 2.08 bits per heavy atom. The Hall–Kier alpha value is -3.15. The van der Waals surface area contributed by atoms with Gasteiger partial charge in [0.1, 0.15) is 5.82 Å². The van der Waals surface area contributed by atoms with Crippen LogP contribution in [0.2, 0.25) is 0 Å².